The summed E-state index contributed by atoms with van der Waals surface area (Å²) >= 11 is 0. The third-order valence-corrected chi connectivity index (χ3v) is 5.89. The van der Waals surface area contributed by atoms with Crippen LogP contribution in [0.2, 0.25) is 0 Å². The van der Waals surface area contributed by atoms with Crippen molar-refractivity contribution in [3.63, 3.8) is 0 Å². The Kier molecular flexibility index (Phi) is 10.3. The fourth-order valence-electron chi connectivity index (χ4n) is 4.10. The first kappa shape index (κ1) is 29.9. The fourth-order valence-corrected chi connectivity index (χ4v) is 4.10. The van der Waals surface area contributed by atoms with Gasteiger partial charge in [0.15, 0.2) is 0 Å². The molecule has 0 aromatic heterocycles. The number of hydrogen-bond acceptors (Lipinski definition) is 4. The molecule has 2 aromatic carbocycles. The van der Waals surface area contributed by atoms with Gasteiger partial charge in [0, 0.05) is 18.5 Å². The summed E-state index contributed by atoms with van der Waals surface area (Å²) in [6.07, 6.45) is -0.423. The zero-order chi connectivity index (χ0) is 27.9. The number of carbonyl (C=O) groups excluding carboxylic acids is 3. The van der Waals surface area contributed by atoms with Crippen molar-refractivity contribution in [3.8, 4) is 0 Å². The van der Waals surface area contributed by atoms with Crippen molar-refractivity contribution in [3.05, 3.63) is 70.8 Å². The van der Waals surface area contributed by atoms with Gasteiger partial charge in [0.2, 0.25) is 11.8 Å². The van der Waals surface area contributed by atoms with Gasteiger partial charge in [0.05, 0.1) is 0 Å². The first-order valence-corrected chi connectivity index (χ1v) is 12.9. The summed E-state index contributed by atoms with van der Waals surface area (Å²) in [7, 11) is 0. The number of ether oxygens (including phenoxy) is 1. The Labute approximate surface area is 222 Å². The van der Waals surface area contributed by atoms with Crippen molar-refractivity contribution in [2.45, 2.75) is 98.5 Å². The molecule has 0 aliphatic carbocycles. The number of nitrogens with zero attached hydrogens (tertiary/aromatic N) is 1. The smallest absolute Gasteiger partial charge is 0.408 e. The maximum Gasteiger partial charge on any atom is 0.408 e. The van der Waals surface area contributed by atoms with Gasteiger partial charge in [-0.1, -0.05) is 48.5 Å². The maximum atomic E-state index is 14.2. The Morgan fingerprint density at radius 3 is 2.03 bits per heavy atom. The van der Waals surface area contributed by atoms with Gasteiger partial charge in [-0.3, -0.25) is 9.59 Å². The third-order valence-electron chi connectivity index (χ3n) is 5.89. The first-order chi connectivity index (χ1) is 17.2. The van der Waals surface area contributed by atoms with Crippen molar-refractivity contribution >= 4 is 17.9 Å². The van der Waals surface area contributed by atoms with Crippen molar-refractivity contribution in [2.24, 2.45) is 0 Å². The molecule has 0 saturated heterocycles. The Balaban J connectivity index is 2.55. The second kappa shape index (κ2) is 12.7. The van der Waals surface area contributed by atoms with Gasteiger partial charge in [-0.2, -0.15) is 0 Å². The minimum Gasteiger partial charge on any atom is -0.444 e. The lowest BCUT2D eigenvalue weighted by molar-refractivity contribution is -0.144. The van der Waals surface area contributed by atoms with E-state index in [1.807, 2.05) is 90.1 Å². The molecule has 0 aliphatic rings. The maximum absolute atomic E-state index is 14.2. The van der Waals surface area contributed by atoms with Gasteiger partial charge >= 0.3 is 6.09 Å². The number of benzene rings is 2. The second-order valence-electron chi connectivity index (χ2n) is 11.1. The number of aryl methyl sites for hydroxylation is 2. The summed E-state index contributed by atoms with van der Waals surface area (Å²) in [6, 6.07) is 13.1. The number of nitrogens with one attached hydrogen (secondary N) is 2. The molecule has 3 amide bonds. The van der Waals surface area contributed by atoms with Crippen LogP contribution in [0.3, 0.4) is 0 Å². The molecular weight excluding hydrogens is 466 g/mol. The van der Waals surface area contributed by atoms with Gasteiger partial charge < -0.3 is 20.3 Å². The van der Waals surface area contributed by atoms with Gasteiger partial charge in [0.25, 0.3) is 0 Å². The summed E-state index contributed by atoms with van der Waals surface area (Å²) in [4.78, 5) is 42.1. The van der Waals surface area contributed by atoms with Crippen LogP contribution in [0.15, 0.2) is 48.5 Å². The topological polar surface area (TPSA) is 87.7 Å². The lowest BCUT2D eigenvalue weighted by atomic mass is 9.96. The molecule has 2 N–H and O–H groups in total. The molecule has 2 aromatic rings. The van der Waals surface area contributed by atoms with E-state index in [1.165, 1.54) is 0 Å². The van der Waals surface area contributed by atoms with E-state index in [-0.39, 0.29) is 30.3 Å². The molecule has 37 heavy (non-hydrogen) atoms. The van der Waals surface area contributed by atoms with Crippen LogP contribution >= 0.6 is 0 Å². The minimum absolute atomic E-state index is 0.106. The van der Waals surface area contributed by atoms with Crippen LogP contribution in [0.4, 0.5) is 4.79 Å². The van der Waals surface area contributed by atoms with Crippen LogP contribution in [0.5, 0.6) is 0 Å². The molecule has 0 heterocycles. The normalized spacial score (nSPS) is 13.2. The van der Waals surface area contributed by atoms with Crippen LogP contribution < -0.4 is 10.6 Å². The summed E-state index contributed by atoms with van der Waals surface area (Å²) in [5.74, 6) is -0.622. The quantitative estimate of drug-likeness (QED) is 0.484. The highest BCUT2D eigenvalue weighted by Gasteiger charge is 2.38. The van der Waals surface area contributed by atoms with E-state index in [4.69, 9.17) is 4.74 Å². The predicted molar refractivity (Wildman–Crippen MR) is 147 cm³/mol. The molecule has 0 bridgehead atoms. The predicted octanol–water partition coefficient (Wildman–Crippen LogP) is 5.24. The average Bonchev–Trinajstić information content (AvgIpc) is 2.77. The van der Waals surface area contributed by atoms with Crippen LogP contribution in [-0.4, -0.2) is 46.5 Å². The lowest BCUT2D eigenvalue weighted by Gasteiger charge is -2.37. The standard InChI is InChI=1S/C30H43N3O4/c1-19(2)31-27(34)26(24-16-15-21(5)22(6)17-24)33(20(3)4)28(35)25(18-23-13-11-10-12-14-23)32-29(36)37-30(7,8)9/h10-17,19-20,25-26H,18H2,1-9H3,(H,31,34)(H,32,36). The number of alkyl carbamates (subject to hydrolysis) is 1. The number of carbonyl (C=O) groups is 3. The Bertz CT molecular complexity index is 1070. The molecule has 7 nitrogen and oxygen atoms in total. The van der Waals surface area contributed by atoms with Crippen LogP contribution in [-0.2, 0) is 20.7 Å². The fraction of sp³-hybridized carbons (Fsp3) is 0.500. The highest BCUT2D eigenvalue weighted by atomic mass is 16.6. The Morgan fingerprint density at radius 2 is 1.51 bits per heavy atom. The lowest BCUT2D eigenvalue weighted by Crippen LogP contribution is -2.56. The van der Waals surface area contributed by atoms with Crippen LogP contribution in [0.25, 0.3) is 0 Å². The molecule has 2 atom stereocenters. The zero-order valence-electron chi connectivity index (χ0n) is 23.7. The third kappa shape index (κ3) is 8.92. The minimum atomic E-state index is -0.930. The number of rotatable bonds is 9. The first-order valence-electron chi connectivity index (χ1n) is 12.9. The number of amides is 3. The zero-order valence-corrected chi connectivity index (χ0v) is 23.7. The molecule has 202 valence electrons. The highest BCUT2D eigenvalue weighted by Crippen LogP contribution is 2.27. The van der Waals surface area contributed by atoms with Crippen LogP contribution in [0.1, 0.15) is 76.8 Å². The van der Waals surface area contributed by atoms with E-state index in [1.54, 1.807) is 25.7 Å². The van der Waals surface area contributed by atoms with Gasteiger partial charge in [-0.25, -0.2) is 4.79 Å². The molecule has 0 saturated carbocycles. The largest absolute Gasteiger partial charge is 0.444 e. The van der Waals surface area contributed by atoms with Crippen LogP contribution in [0, 0.1) is 13.8 Å². The summed E-state index contributed by atoms with van der Waals surface area (Å²) in [6.45, 7) is 16.8. The average molecular weight is 510 g/mol. The van der Waals surface area contributed by atoms with E-state index in [0.29, 0.717) is 0 Å². The van der Waals surface area contributed by atoms with Gasteiger partial charge in [0.1, 0.15) is 17.7 Å². The molecule has 7 heteroatoms. The van der Waals surface area contributed by atoms with Crippen molar-refractivity contribution in [1.82, 2.24) is 15.5 Å². The second-order valence-corrected chi connectivity index (χ2v) is 11.1. The number of hydrogen-bond donors (Lipinski definition) is 2. The molecule has 0 spiro atoms. The van der Waals surface area contributed by atoms with Crippen molar-refractivity contribution < 1.29 is 19.1 Å². The van der Waals surface area contributed by atoms with E-state index >= 15 is 0 Å². The summed E-state index contributed by atoms with van der Waals surface area (Å²) in [5.41, 5.74) is 3.02. The van der Waals surface area contributed by atoms with Crippen molar-refractivity contribution in [1.29, 1.82) is 0 Å². The molecule has 0 fully saturated rings. The van der Waals surface area contributed by atoms with Gasteiger partial charge in [-0.05, 0) is 84.6 Å². The SMILES string of the molecule is Cc1ccc(C(C(=O)NC(C)C)N(C(=O)C(Cc2ccccc2)NC(=O)OC(C)(C)C)C(C)C)cc1C. The van der Waals surface area contributed by atoms with E-state index in [0.717, 1.165) is 22.3 Å². The summed E-state index contributed by atoms with van der Waals surface area (Å²) in [5, 5.41) is 5.76. The van der Waals surface area contributed by atoms with E-state index in [2.05, 4.69) is 10.6 Å². The Hall–Kier alpha value is -3.35. The van der Waals surface area contributed by atoms with E-state index < -0.39 is 23.8 Å². The van der Waals surface area contributed by atoms with Gasteiger partial charge in [-0.15, -0.1) is 0 Å². The molecule has 2 unspecified atom stereocenters. The van der Waals surface area contributed by atoms with Crippen molar-refractivity contribution in [2.75, 3.05) is 0 Å². The molecular formula is C30H43N3O4. The molecule has 2 rings (SSSR count). The Morgan fingerprint density at radius 1 is 0.892 bits per heavy atom. The summed E-state index contributed by atoms with van der Waals surface area (Å²) < 4.78 is 5.47. The highest BCUT2D eigenvalue weighted by molar-refractivity contribution is 5.92. The van der Waals surface area contributed by atoms with E-state index in [9.17, 15) is 14.4 Å². The monoisotopic (exact) mass is 509 g/mol. The molecule has 0 radical (unpaired) electrons. The molecule has 0 aliphatic heterocycles.